The fraction of sp³-hybridized carbons (Fsp3) is 0.222. The standard InChI is InChI=1S/C9H11N7O3/c1-19-9(18)13-7-4-12-15(14-7)5-8(17)16-6(10)2-3-11-16/h2-4H,5,10H2,1H3,(H,13,14,18). The van der Waals surface area contributed by atoms with Crippen LogP contribution < -0.4 is 11.1 Å². The second-order valence-electron chi connectivity index (χ2n) is 3.44. The Balaban J connectivity index is 2.02. The second-order valence-corrected chi connectivity index (χ2v) is 3.44. The molecule has 0 saturated carbocycles. The van der Waals surface area contributed by atoms with Crippen LogP contribution in [-0.2, 0) is 11.3 Å². The number of nitrogens with two attached hydrogens (primary N) is 1. The number of nitrogens with zero attached hydrogens (tertiary/aromatic N) is 5. The van der Waals surface area contributed by atoms with Crippen molar-refractivity contribution in [3.8, 4) is 0 Å². The zero-order valence-corrected chi connectivity index (χ0v) is 9.98. The predicted octanol–water partition coefficient (Wildman–Crippen LogP) is -0.425. The molecular formula is C9H11N7O3. The number of rotatable bonds is 3. The average molecular weight is 265 g/mol. The van der Waals surface area contributed by atoms with Crippen molar-refractivity contribution in [3.63, 3.8) is 0 Å². The van der Waals surface area contributed by atoms with Crippen molar-refractivity contribution in [2.45, 2.75) is 6.54 Å². The number of carbonyl (C=O) groups is 2. The first-order valence-electron chi connectivity index (χ1n) is 5.18. The SMILES string of the molecule is COC(=O)Nc1cnn(CC(=O)n2nccc2N)n1. The Morgan fingerprint density at radius 2 is 2.26 bits per heavy atom. The number of nitrogens with one attached hydrogen (secondary N) is 1. The molecule has 3 N–H and O–H groups in total. The third-order valence-corrected chi connectivity index (χ3v) is 2.14. The Labute approximate surface area is 107 Å². The molecule has 0 saturated heterocycles. The molecule has 0 aliphatic rings. The van der Waals surface area contributed by atoms with E-state index in [1.54, 1.807) is 0 Å². The molecule has 0 spiro atoms. The smallest absolute Gasteiger partial charge is 0.412 e. The van der Waals surface area contributed by atoms with Crippen molar-refractivity contribution in [1.29, 1.82) is 0 Å². The molecule has 0 bridgehead atoms. The van der Waals surface area contributed by atoms with Gasteiger partial charge in [-0.3, -0.25) is 10.1 Å². The van der Waals surface area contributed by atoms with Crippen molar-refractivity contribution in [1.82, 2.24) is 24.8 Å². The van der Waals surface area contributed by atoms with Gasteiger partial charge in [0.15, 0.2) is 5.82 Å². The molecule has 2 rings (SSSR count). The summed E-state index contributed by atoms with van der Waals surface area (Å²) in [6.07, 6.45) is 2.03. The molecule has 0 radical (unpaired) electrons. The first-order valence-corrected chi connectivity index (χ1v) is 5.18. The lowest BCUT2D eigenvalue weighted by molar-refractivity contribution is 0.0867. The molecule has 0 fully saturated rings. The molecule has 100 valence electrons. The van der Waals surface area contributed by atoms with E-state index >= 15 is 0 Å². The number of anilines is 2. The molecule has 19 heavy (non-hydrogen) atoms. The van der Waals surface area contributed by atoms with Gasteiger partial charge in [-0.25, -0.2) is 4.79 Å². The zero-order chi connectivity index (χ0) is 13.8. The number of ether oxygens (including phenoxy) is 1. The Morgan fingerprint density at radius 3 is 2.89 bits per heavy atom. The van der Waals surface area contributed by atoms with Gasteiger partial charge >= 0.3 is 6.09 Å². The van der Waals surface area contributed by atoms with Gasteiger partial charge in [0.25, 0.3) is 5.91 Å². The van der Waals surface area contributed by atoms with Crippen LogP contribution in [0.2, 0.25) is 0 Å². The maximum atomic E-state index is 11.8. The summed E-state index contributed by atoms with van der Waals surface area (Å²) in [7, 11) is 1.23. The van der Waals surface area contributed by atoms with Crippen LogP contribution in [0.5, 0.6) is 0 Å². The number of aromatic nitrogens is 5. The second kappa shape index (κ2) is 5.16. The highest BCUT2D eigenvalue weighted by Crippen LogP contribution is 2.02. The minimum Gasteiger partial charge on any atom is -0.453 e. The lowest BCUT2D eigenvalue weighted by Crippen LogP contribution is -2.22. The Kier molecular flexibility index (Phi) is 3.41. The maximum absolute atomic E-state index is 11.8. The van der Waals surface area contributed by atoms with Crippen molar-refractivity contribution in [3.05, 3.63) is 18.5 Å². The van der Waals surface area contributed by atoms with Gasteiger partial charge in [0.2, 0.25) is 0 Å². The van der Waals surface area contributed by atoms with E-state index < -0.39 is 12.0 Å². The summed E-state index contributed by atoms with van der Waals surface area (Å²) in [4.78, 5) is 23.8. The Bertz CT molecular complexity index is 602. The summed E-state index contributed by atoms with van der Waals surface area (Å²) < 4.78 is 5.43. The minimum absolute atomic E-state index is 0.158. The third-order valence-electron chi connectivity index (χ3n) is 2.14. The van der Waals surface area contributed by atoms with Crippen LogP contribution in [0.15, 0.2) is 18.5 Å². The van der Waals surface area contributed by atoms with E-state index in [2.05, 4.69) is 25.3 Å². The van der Waals surface area contributed by atoms with Crippen molar-refractivity contribution < 1.29 is 14.3 Å². The summed E-state index contributed by atoms with van der Waals surface area (Å²) in [5.41, 5.74) is 5.54. The molecule has 2 aromatic heterocycles. The lowest BCUT2D eigenvalue weighted by atomic mass is 10.6. The molecular weight excluding hydrogens is 254 g/mol. The van der Waals surface area contributed by atoms with Gasteiger partial charge in [-0.05, 0) is 0 Å². The van der Waals surface area contributed by atoms with Gasteiger partial charge in [-0.1, -0.05) is 0 Å². The van der Waals surface area contributed by atoms with Gasteiger partial charge in [0.1, 0.15) is 12.4 Å². The molecule has 0 aliphatic carbocycles. The molecule has 0 aliphatic heterocycles. The van der Waals surface area contributed by atoms with E-state index in [0.717, 1.165) is 9.48 Å². The zero-order valence-electron chi connectivity index (χ0n) is 9.98. The Morgan fingerprint density at radius 1 is 1.47 bits per heavy atom. The summed E-state index contributed by atoms with van der Waals surface area (Å²) in [6.45, 7) is -0.158. The number of hydrogen-bond donors (Lipinski definition) is 2. The largest absolute Gasteiger partial charge is 0.453 e. The monoisotopic (exact) mass is 265 g/mol. The van der Waals surface area contributed by atoms with Crippen LogP contribution in [0, 0.1) is 0 Å². The molecule has 10 heteroatoms. The number of hydrogen-bond acceptors (Lipinski definition) is 7. The minimum atomic E-state index is -0.672. The number of amides is 1. The topological polar surface area (TPSA) is 130 Å². The number of methoxy groups -OCH3 is 1. The van der Waals surface area contributed by atoms with E-state index in [9.17, 15) is 9.59 Å². The summed E-state index contributed by atoms with van der Waals surface area (Å²) in [5, 5.41) is 13.8. The van der Waals surface area contributed by atoms with E-state index in [4.69, 9.17) is 5.73 Å². The summed E-state index contributed by atoms with van der Waals surface area (Å²) in [6, 6.07) is 1.50. The summed E-state index contributed by atoms with van der Waals surface area (Å²) in [5.74, 6) is 0.000806. The number of nitrogen functional groups attached to an aromatic ring is 1. The predicted molar refractivity (Wildman–Crippen MR) is 63.3 cm³/mol. The fourth-order valence-electron chi connectivity index (χ4n) is 1.30. The van der Waals surface area contributed by atoms with Crippen LogP contribution in [0.1, 0.15) is 4.79 Å². The fourth-order valence-corrected chi connectivity index (χ4v) is 1.30. The third kappa shape index (κ3) is 2.86. The van der Waals surface area contributed by atoms with Crippen LogP contribution in [0.25, 0.3) is 0 Å². The van der Waals surface area contributed by atoms with Gasteiger partial charge in [0.05, 0.1) is 19.5 Å². The van der Waals surface area contributed by atoms with Crippen LogP contribution in [-0.4, -0.2) is 43.9 Å². The molecule has 2 aromatic rings. The van der Waals surface area contributed by atoms with Crippen molar-refractivity contribution in [2.75, 3.05) is 18.2 Å². The van der Waals surface area contributed by atoms with E-state index in [0.29, 0.717) is 0 Å². The van der Waals surface area contributed by atoms with Gasteiger partial charge in [-0.2, -0.15) is 19.7 Å². The highest BCUT2D eigenvalue weighted by atomic mass is 16.5. The van der Waals surface area contributed by atoms with E-state index in [-0.39, 0.29) is 18.2 Å². The van der Waals surface area contributed by atoms with Crippen LogP contribution in [0.4, 0.5) is 16.4 Å². The first-order chi connectivity index (χ1) is 9.10. The Hall–Kier alpha value is -2.91. The summed E-state index contributed by atoms with van der Waals surface area (Å²) >= 11 is 0. The quantitative estimate of drug-likeness (QED) is 0.770. The van der Waals surface area contributed by atoms with Gasteiger partial charge in [0, 0.05) is 6.07 Å². The van der Waals surface area contributed by atoms with Crippen molar-refractivity contribution in [2.24, 2.45) is 0 Å². The molecule has 1 amide bonds. The highest BCUT2D eigenvalue weighted by Gasteiger charge is 2.12. The van der Waals surface area contributed by atoms with Gasteiger partial charge < -0.3 is 10.5 Å². The molecule has 10 nitrogen and oxygen atoms in total. The first kappa shape index (κ1) is 12.5. The van der Waals surface area contributed by atoms with Crippen molar-refractivity contribution >= 4 is 23.6 Å². The van der Waals surface area contributed by atoms with Crippen LogP contribution in [0.3, 0.4) is 0 Å². The molecule has 0 atom stereocenters. The van der Waals surface area contributed by atoms with Gasteiger partial charge in [-0.15, -0.1) is 5.10 Å². The normalized spacial score (nSPS) is 10.2. The van der Waals surface area contributed by atoms with E-state index in [1.165, 1.54) is 25.6 Å². The lowest BCUT2D eigenvalue weighted by Gasteiger charge is -2.01. The maximum Gasteiger partial charge on any atom is 0.412 e. The van der Waals surface area contributed by atoms with Crippen LogP contribution >= 0.6 is 0 Å². The number of carbonyl (C=O) groups excluding carboxylic acids is 2. The molecule has 0 unspecified atom stereocenters. The van der Waals surface area contributed by atoms with E-state index in [1.807, 2.05) is 0 Å². The average Bonchev–Trinajstić information content (AvgIpc) is 2.98. The highest BCUT2D eigenvalue weighted by molar-refractivity contribution is 5.83. The molecule has 0 aromatic carbocycles. The molecule has 2 heterocycles.